The summed E-state index contributed by atoms with van der Waals surface area (Å²) in [6, 6.07) is 12.6. The van der Waals surface area contributed by atoms with E-state index >= 15 is 0 Å². The molecule has 2 heterocycles. The van der Waals surface area contributed by atoms with Crippen LogP contribution in [0.1, 0.15) is 71.8 Å². The fourth-order valence-corrected chi connectivity index (χ4v) is 6.59. The molecule has 0 saturated heterocycles. The van der Waals surface area contributed by atoms with Gasteiger partial charge >= 0.3 is 0 Å². The van der Waals surface area contributed by atoms with Gasteiger partial charge in [-0.05, 0) is 72.6 Å². The van der Waals surface area contributed by atoms with Gasteiger partial charge in [0.1, 0.15) is 5.75 Å². The third-order valence-corrected chi connectivity index (χ3v) is 8.47. The lowest BCUT2D eigenvalue weighted by atomic mass is 9.81. The normalized spacial score (nSPS) is 23.9. The van der Waals surface area contributed by atoms with Crippen LogP contribution in [0.4, 0.5) is 0 Å². The molecule has 0 unspecified atom stereocenters. The molecule has 0 spiro atoms. The maximum atomic E-state index is 12.5. The molecule has 0 radical (unpaired) electrons. The van der Waals surface area contributed by atoms with E-state index in [1.54, 1.807) is 14.2 Å². The van der Waals surface area contributed by atoms with Crippen LogP contribution in [0, 0.1) is 5.41 Å². The number of benzene rings is 2. The van der Waals surface area contributed by atoms with E-state index in [0.29, 0.717) is 17.4 Å². The number of carbonyl (C=O) groups excluding carboxylic acids is 1. The molecule has 3 aliphatic rings. The van der Waals surface area contributed by atoms with Gasteiger partial charge in [0.2, 0.25) is 0 Å². The van der Waals surface area contributed by atoms with E-state index in [4.69, 9.17) is 4.74 Å². The molecule has 33 heavy (non-hydrogen) atoms. The molecule has 2 atom stereocenters. The van der Waals surface area contributed by atoms with Gasteiger partial charge in [-0.25, -0.2) is 0 Å². The van der Waals surface area contributed by atoms with E-state index < -0.39 is 0 Å². The van der Waals surface area contributed by atoms with Gasteiger partial charge < -0.3 is 19.7 Å². The Morgan fingerprint density at radius 1 is 1.18 bits per heavy atom. The molecule has 0 bridgehead atoms. The number of aliphatic hydroxyl groups excluding tert-OH is 1. The van der Waals surface area contributed by atoms with Gasteiger partial charge in [-0.1, -0.05) is 25.3 Å². The van der Waals surface area contributed by atoms with Crippen molar-refractivity contribution in [2.24, 2.45) is 5.41 Å². The van der Waals surface area contributed by atoms with Crippen molar-refractivity contribution in [1.29, 1.82) is 0 Å². The lowest BCUT2D eigenvalue weighted by Crippen LogP contribution is -2.18. The van der Waals surface area contributed by atoms with Crippen LogP contribution in [-0.2, 0) is 6.54 Å². The second kappa shape index (κ2) is 7.63. The molecule has 1 aliphatic heterocycles. The van der Waals surface area contributed by atoms with Gasteiger partial charge in [0, 0.05) is 41.0 Å². The Kier molecular flexibility index (Phi) is 4.80. The number of nitrogens with one attached hydrogen (secondary N) is 1. The average molecular weight is 445 g/mol. The van der Waals surface area contributed by atoms with Crippen LogP contribution >= 0.6 is 0 Å². The summed E-state index contributed by atoms with van der Waals surface area (Å²) in [5, 5.41) is 14.5. The molecular formula is C28H32N2O3. The Morgan fingerprint density at radius 3 is 2.73 bits per heavy atom. The van der Waals surface area contributed by atoms with Crippen molar-refractivity contribution in [2.75, 3.05) is 20.8 Å². The highest BCUT2D eigenvalue weighted by molar-refractivity contribution is 6.01. The first kappa shape index (κ1) is 20.8. The van der Waals surface area contributed by atoms with Crippen molar-refractivity contribution in [3.8, 4) is 17.0 Å². The number of methoxy groups -OCH3 is 1. The Morgan fingerprint density at radius 2 is 2.00 bits per heavy atom. The van der Waals surface area contributed by atoms with E-state index in [1.165, 1.54) is 59.9 Å². The molecular weight excluding hydrogens is 412 g/mol. The SMILES string of the molecule is CNC(=O)c1ccc2c(C3CCCCC3)c3n(c2c1)C[C@@]1(CO)C[C@H]1c1cc(OC)ccc1-3. The lowest BCUT2D eigenvalue weighted by molar-refractivity contribution is 0.0963. The molecule has 2 aromatic carbocycles. The Bertz CT molecular complexity index is 1250. The van der Waals surface area contributed by atoms with Crippen molar-refractivity contribution in [3.05, 3.63) is 53.1 Å². The zero-order chi connectivity index (χ0) is 22.7. The van der Waals surface area contributed by atoms with Crippen molar-refractivity contribution >= 4 is 16.8 Å². The van der Waals surface area contributed by atoms with Crippen molar-refractivity contribution in [1.82, 2.24) is 9.88 Å². The first-order chi connectivity index (χ1) is 16.1. The minimum atomic E-state index is -0.148. The maximum absolute atomic E-state index is 12.5. The van der Waals surface area contributed by atoms with E-state index in [1.807, 2.05) is 6.07 Å². The number of ether oxygens (including phenoxy) is 1. The zero-order valence-electron chi connectivity index (χ0n) is 19.5. The molecule has 2 fully saturated rings. The number of amides is 1. The standard InChI is InChI=1S/C28H32N2O3/c1-29-27(32)18-8-10-21-24(12-18)30-15-28(16-31)14-23(28)22-13-19(33-2)9-11-20(22)26(30)25(21)17-6-4-3-5-7-17/h8-13,17,23,31H,3-7,14-16H2,1-2H3,(H,29,32)/t23-,28+/m0/s1. The van der Waals surface area contributed by atoms with Crippen molar-refractivity contribution < 1.29 is 14.6 Å². The highest BCUT2D eigenvalue weighted by Gasteiger charge is 2.57. The van der Waals surface area contributed by atoms with Crippen LogP contribution in [0.25, 0.3) is 22.2 Å². The van der Waals surface area contributed by atoms with Crippen LogP contribution in [0.5, 0.6) is 5.75 Å². The number of aliphatic hydroxyl groups is 1. The zero-order valence-corrected chi connectivity index (χ0v) is 19.5. The number of carbonyl (C=O) groups is 1. The second-order valence-corrected chi connectivity index (χ2v) is 10.2. The molecule has 1 aromatic heterocycles. The van der Waals surface area contributed by atoms with Gasteiger partial charge in [0.05, 0.1) is 19.4 Å². The molecule has 172 valence electrons. The molecule has 2 N–H and O–H groups in total. The number of fused-ring (bicyclic) bond motifs is 7. The molecule has 3 aromatic rings. The van der Waals surface area contributed by atoms with Crippen molar-refractivity contribution in [3.63, 3.8) is 0 Å². The number of nitrogens with zero attached hydrogens (tertiary/aromatic N) is 1. The molecule has 2 saturated carbocycles. The minimum Gasteiger partial charge on any atom is -0.497 e. The monoisotopic (exact) mass is 444 g/mol. The van der Waals surface area contributed by atoms with Crippen LogP contribution in [0.15, 0.2) is 36.4 Å². The third kappa shape index (κ3) is 3.05. The third-order valence-electron chi connectivity index (χ3n) is 8.47. The van der Waals surface area contributed by atoms with E-state index in [0.717, 1.165) is 24.2 Å². The lowest BCUT2D eigenvalue weighted by Gasteiger charge is -2.24. The van der Waals surface area contributed by atoms with Crippen LogP contribution in [-0.4, -0.2) is 36.3 Å². The summed E-state index contributed by atoms with van der Waals surface area (Å²) in [5.41, 5.74) is 6.96. The summed E-state index contributed by atoms with van der Waals surface area (Å²) in [5.74, 6) is 1.67. The van der Waals surface area contributed by atoms with E-state index in [9.17, 15) is 9.90 Å². The number of hydrogen-bond acceptors (Lipinski definition) is 3. The minimum absolute atomic E-state index is 0.0633. The van der Waals surface area contributed by atoms with E-state index in [2.05, 4.69) is 40.2 Å². The van der Waals surface area contributed by atoms with Crippen molar-refractivity contribution in [2.45, 2.75) is 56.9 Å². The number of hydrogen-bond donors (Lipinski definition) is 2. The Labute approximate surface area is 194 Å². The largest absolute Gasteiger partial charge is 0.497 e. The second-order valence-electron chi connectivity index (χ2n) is 10.2. The summed E-state index contributed by atoms with van der Waals surface area (Å²) < 4.78 is 8.02. The van der Waals surface area contributed by atoms with Gasteiger partial charge in [0.15, 0.2) is 0 Å². The predicted molar refractivity (Wildman–Crippen MR) is 130 cm³/mol. The van der Waals surface area contributed by atoms with Gasteiger partial charge in [-0.15, -0.1) is 0 Å². The topological polar surface area (TPSA) is 63.5 Å². The summed E-state index contributed by atoms with van der Waals surface area (Å²) in [6.45, 7) is 0.947. The quantitative estimate of drug-likeness (QED) is 0.581. The average Bonchev–Trinajstić information content (AvgIpc) is 3.53. The summed E-state index contributed by atoms with van der Waals surface area (Å²) in [7, 11) is 3.40. The number of rotatable bonds is 4. The highest BCUT2D eigenvalue weighted by Crippen LogP contribution is 2.65. The van der Waals surface area contributed by atoms with E-state index in [-0.39, 0.29) is 17.9 Å². The summed E-state index contributed by atoms with van der Waals surface area (Å²) in [4.78, 5) is 12.5. The molecule has 1 amide bonds. The predicted octanol–water partition coefficient (Wildman–Crippen LogP) is 5.20. The molecule has 5 nitrogen and oxygen atoms in total. The molecule has 6 rings (SSSR count). The fraction of sp³-hybridized carbons (Fsp3) is 0.464. The number of aromatic nitrogens is 1. The van der Waals surface area contributed by atoms with Crippen LogP contribution < -0.4 is 10.1 Å². The van der Waals surface area contributed by atoms with Gasteiger partial charge in [-0.2, -0.15) is 0 Å². The smallest absolute Gasteiger partial charge is 0.251 e. The highest BCUT2D eigenvalue weighted by atomic mass is 16.5. The van der Waals surface area contributed by atoms with Gasteiger partial charge in [0.25, 0.3) is 5.91 Å². The fourth-order valence-electron chi connectivity index (χ4n) is 6.59. The first-order valence-corrected chi connectivity index (χ1v) is 12.3. The maximum Gasteiger partial charge on any atom is 0.251 e. The van der Waals surface area contributed by atoms with Crippen LogP contribution in [0.3, 0.4) is 0 Å². The molecule has 5 heteroatoms. The van der Waals surface area contributed by atoms with Gasteiger partial charge in [-0.3, -0.25) is 4.79 Å². The van der Waals surface area contributed by atoms with Crippen LogP contribution in [0.2, 0.25) is 0 Å². The first-order valence-electron chi connectivity index (χ1n) is 12.3. The Balaban J connectivity index is 1.67. The Hall–Kier alpha value is -2.79. The summed E-state index contributed by atoms with van der Waals surface area (Å²) >= 11 is 0. The summed E-state index contributed by atoms with van der Waals surface area (Å²) in [6.07, 6.45) is 7.26. The molecule has 2 aliphatic carbocycles.